The van der Waals surface area contributed by atoms with Crippen LogP contribution in [0, 0.1) is 19.8 Å². The number of benzene rings is 2. The highest BCUT2D eigenvalue weighted by atomic mass is 16.5. The van der Waals surface area contributed by atoms with Gasteiger partial charge in [-0.15, -0.1) is 0 Å². The second kappa shape index (κ2) is 9.73. The molecule has 1 aliphatic heterocycles. The number of aryl methyl sites for hydroxylation is 2. The quantitative estimate of drug-likeness (QED) is 0.405. The molecule has 1 fully saturated rings. The summed E-state index contributed by atoms with van der Waals surface area (Å²) >= 11 is 0. The fraction of sp³-hybridized carbons (Fsp3) is 0.333. The van der Waals surface area contributed by atoms with Crippen LogP contribution in [0.25, 0.3) is 11.0 Å². The van der Waals surface area contributed by atoms with E-state index in [1.54, 1.807) is 12.3 Å². The van der Waals surface area contributed by atoms with Gasteiger partial charge in [0.05, 0.1) is 30.7 Å². The molecule has 1 atom stereocenters. The maximum atomic E-state index is 13.4. The molecule has 7 nitrogen and oxygen atoms in total. The number of aromatic nitrogens is 1. The predicted octanol–water partition coefficient (Wildman–Crippen LogP) is 4.95. The van der Waals surface area contributed by atoms with Crippen molar-refractivity contribution in [1.29, 1.82) is 0 Å². The van der Waals surface area contributed by atoms with E-state index in [1.807, 2.05) is 43.0 Å². The molecular formula is C27H28N2O5. The number of nitrogens with zero attached hydrogens (tertiary/aromatic N) is 2. The van der Waals surface area contributed by atoms with Gasteiger partial charge in [-0.2, -0.15) is 0 Å². The molecule has 2 aromatic carbocycles. The number of amides is 1. The molecule has 1 aliphatic rings. The number of hydrogen-bond acceptors (Lipinski definition) is 6. The third-order valence-electron chi connectivity index (χ3n) is 6.32. The predicted molar refractivity (Wildman–Crippen MR) is 127 cm³/mol. The second-order valence-corrected chi connectivity index (χ2v) is 8.81. The average molecular weight is 461 g/mol. The molecule has 0 bridgehead atoms. The molecule has 0 unspecified atom stereocenters. The van der Waals surface area contributed by atoms with Crippen LogP contribution in [0.3, 0.4) is 0 Å². The highest BCUT2D eigenvalue weighted by molar-refractivity contribution is 5.94. The lowest BCUT2D eigenvalue weighted by Gasteiger charge is -2.24. The van der Waals surface area contributed by atoms with E-state index in [2.05, 4.69) is 23.4 Å². The molecule has 0 N–H and O–H groups in total. The molecule has 0 spiro atoms. The molecule has 1 saturated heterocycles. The van der Waals surface area contributed by atoms with Crippen LogP contribution in [0.2, 0.25) is 0 Å². The first-order valence-corrected chi connectivity index (χ1v) is 11.5. The summed E-state index contributed by atoms with van der Waals surface area (Å²) in [5, 5.41) is 5.05. The van der Waals surface area contributed by atoms with Crippen LogP contribution in [0.5, 0.6) is 5.75 Å². The topological polar surface area (TPSA) is 77.9 Å². The third kappa shape index (κ3) is 4.84. The summed E-state index contributed by atoms with van der Waals surface area (Å²) in [7, 11) is 0. The zero-order valence-corrected chi connectivity index (χ0v) is 19.5. The molecule has 0 saturated carbocycles. The maximum Gasteiger partial charge on any atom is 0.254 e. The van der Waals surface area contributed by atoms with Crippen LogP contribution in [0.15, 0.2) is 63.7 Å². The highest BCUT2D eigenvalue weighted by Crippen LogP contribution is 2.23. The Morgan fingerprint density at radius 1 is 1.18 bits per heavy atom. The standard InChI is InChI=1S/C27H28N2O5/c1-18-25(19(2)34-28-18)17-33-24-5-3-4-23(14-24)27(30)29-9-11-31-16-21(15-29)12-20-6-7-22-8-10-32-26(22)13-20/h3-8,10,13-14,21H,9,11-12,15-17H2,1-2H3/t21-/m1/s1. The summed E-state index contributed by atoms with van der Waals surface area (Å²) in [6.07, 6.45) is 2.52. The summed E-state index contributed by atoms with van der Waals surface area (Å²) in [4.78, 5) is 15.2. The van der Waals surface area contributed by atoms with E-state index in [0.717, 1.165) is 34.4 Å². The average Bonchev–Trinajstić information content (AvgIpc) is 3.36. The van der Waals surface area contributed by atoms with E-state index in [4.69, 9.17) is 18.4 Å². The van der Waals surface area contributed by atoms with E-state index >= 15 is 0 Å². The molecule has 0 aliphatic carbocycles. The fourth-order valence-corrected chi connectivity index (χ4v) is 4.41. The molecule has 34 heavy (non-hydrogen) atoms. The van der Waals surface area contributed by atoms with Crippen molar-refractivity contribution in [2.75, 3.05) is 26.3 Å². The van der Waals surface area contributed by atoms with Crippen LogP contribution in [0.1, 0.15) is 32.9 Å². The van der Waals surface area contributed by atoms with E-state index in [-0.39, 0.29) is 11.8 Å². The number of rotatable bonds is 6. The van der Waals surface area contributed by atoms with Crippen molar-refractivity contribution >= 4 is 16.9 Å². The minimum absolute atomic E-state index is 0.0141. The van der Waals surface area contributed by atoms with Gasteiger partial charge in [-0.25, -0.2) is 0 Å². The van der Waals surface area contributed by atoms with Crippen molar-refractivity contribution in [2.24, 2.45) is 5.92 Å². The summed E-state index contributed by atoms with van der Waals surface area (Å²) in [5.41, 5.74) is 4.41. The summed E-state index contributed by atoms with van der Waals surface area (Å²) < 4.78 is 22.5. The van der Waals surface area contributed by atoms with Gasteiger partial charge in [0, 0.05) is 30.0 Å². The fourth-order valence-electron chi connectivity index (χ4n) is 4.41. The Balaban J connectivity index is 1.26. The Morgan fingerprint density at radius 2 is 2.09 bits per heavy atom. The van der Waals surface area contributed by atoms with E-state index in [1.165, 1.54) is 5.56 Å². The Morgan fingerprint density at radius 3 is 2.94 bits per heavy atom. The number of fused-ring (bicyclic) bond motifs is 1. The normalized spacial score (nSPS) is 16.5. The van der Waals surface area contributed by atoms with Gasteiger partial charge in [-0.05, 0) is 56.2 Å². The van der Waals surface area contributed by atoms with Gasteiger partial charge in [0.1, 0.15) is 23.7 Å². The Kier molecular flexibility index (Phi) is 6.36. The van der Waals surface area contributed by atoms with Crippen LogP contribution >= 0.6 is 0 Å². The van der Waals surface area contributed by atoms with Gasteiger partial charge in [0.2, 0.25) is 0 Å². The molecule has 2 aromatic heterocycles. The van der Waals surface area contributed by atoms with Crippen molar-refractivity contribution in [3.05, 3.63) is 82.9 Å². The first-order chi connectivity index (χ1) is 16.6. The smallest absolute Gasteiger partial charge is 0.254 e. The van der Waals surface area contributed by atoms with E-state index < -0.39 is 0 Å². The van der Waals surface area contributed by atoms with Crippen molar-refractivity contribution in [1.82, 2.24) is 10.1 Å². The molecule has 0 radical (unpaired) electrons. The van der Waals surface area contributed by atoms with Crippen molar-refractivity contribution < 1.29 is 23.2 Å². The summed E-state index contributed by atoms with van der Waals surface area (Å²) in [6.45, 7) is 6.46. The number of carbonyl (C=O) groups excluding carboxylic acids is 1. The SMILES string of the molecule is Cc1noc(C)c1COc1cccc(C(=O)N2CCOC[C@H](Cc3ccc4ccoc4c3)C2)c1. The van der Waals surface area contributed by atoms with Gasteiger partial charge in [0.25, 0.3) is 5.91 Å². The van der Waals surface area contributed by atoms with Crippen molar-refractivity contribution in [2.45, 2.75) is 26.9 Å². The second-order valence-electron chi connectivity index (χ2n) is 8.81. The van der Waals surface area contributed by atoms with Crippen LogP contribution in [0.4, 0.5) is 0 Å². The minimum atomic E-state index is -0.0141. The van der Waals surface area contributed by atoms with Gasteiger partial charge >= 0.3 is 0 Å². The summed E-state index contributed by atoms with van der Waals surface area (Å²) in [6, 6.07) is 15.6. The Hall–Kier alpha value is -3.58. The molecule has 5 rings (SSSR count). The van der Waals surface area contributed by atoms with Gasteiger partial charge < -0.3 is 23.3 Å². The number of ether oxygens (including phenoxy) is 2. The molecule has 1 amide bonds. The van der Waals surface area contributed by atoms with Crippen LogP contribution in [-0.4, -0.2) is 42.3 Å². The van der Waals surface area contributed by atoms with Crippen LogP contribution in [-0.2, 0) is 17.8 Å². The largest absolute Gasteiger partial charge is 0.489 e. The van der Waals surface area contributed by atoms with Crippen molar-refractivity contribution in [3.63, 3.8) is 0 Å². The van der Waals surface area contributed by atoms with Gasteiger partial charge in [0.15, 0.2) is 0 Å². The highest BCUT2D eigenvalue weighted by Gasteiger charge is 2.24. The number of hydrogen-bond donors (Lipinski definition) is 0. The Bertz CT molecular complexity index is 1270. The van der Waals surface area contributed by atoms with E-state index in [0.29, 0.717) is 44.2 Å². The number of furan rings is 1. The zero-order chi connectivity index (χ0) is 23.5. The molecular weight excluding hydrogens is 432 g/mol. The van der Waals surface area contributed by atoms with Crippen LogP contribution < -0.4 is 4.74 Å². The van der Waals surface area contributed by atoms with Crippen molar-refractivity contribution in [3.8, 4) is 5.75 Å². The molecule has 3 heterocycles. The molecule has 4 aromatic rings. The first-order valence-electron chi connectivity index (χ1n) is 11.5. The first kappa shape index (κ1) is 22.2. The van der Waals surface area contributed by atoms with Gasteiger partial charge in [-0.1, -0.05) is 23.4 Å². The third-order valence-corrected chi connectivity index (χ3v) is 6.32. The lowest BCUT2D eigenvalue weighted by molar-refractivity contribution is 0.0737. The lowest BCUT2D eigenvalue weighted by Crippen LogP contribution is -2.36. The maximum absolute atomic E-state index is 13.4. The zero-order valence-electron chi connectivity index (χ0n) is 19.5. The van der Waals surface area contributed by atoms with Gasteiger partial charge in [-0.3, -0.25) is 4.79 Å². The lowest BCUT2D eigenvalue weighted by atomic mass is 9.98. The summed E-state index contributed by atoms with van der Waals surface area (Å²) in [5.74, 6) is 1.57. The molecule has 7 heteroatoms. The monoisotopic (exact) mass is 460 g/mol. The molecule has 176 valence electrons. The van der Waals surface area contributed by atoms with E-state index in [9.17, 15) is 4.79 Å². The Labute approximate surface area is 198 Å². The number of carbonyl (C=O) groups is 1. The minimum Gasteiger partial charge on any atom is -0.489 e.